The van der Waals surface area contributed by atoms with E-state index in [1.807, 2.05) is 23.1 Å². The second-order valence-electron chi connectivity index (χ2n) is 6.16. The summed E-state index contributed by atoms with van der Waals surface area (Å²) in [5, 5.41) is 1.01. The largest absolute Gasteiger partial charge is 0.375 e. The topological polar surface area (TPSA) is 85.2 Å². The predicted molar refractivity (Wildman–Crippen MR) is 92.4 cm³/mol. The second-order valence-corrected chi connectivity index (χ2v) is 7.63. The third-order valence-corrected chi connectivity index (χ3v) is 5.91. The maximum atomic E-state index is 13.0. The van der Waals surface area contributed by atoms with E-state index in [0.717, 1.165) is 17.0 Å². The number of carbonyl (C=O) groups excluding carboxylic acids is 1. The highest BCUT2D eigenvalue weighted by Crippen LogP contribution is 2.50. The van der Waals surface area contributed by atoms with Crippen molar-refractivity contribution in [3.05, 3.63) is 35.0 Å². The molecule has 1 aromatic carbocycles. The van der Waals surface area contributed by atoms with Gasteiger partial charge in [-0.1, -0.05) is 35.1 Å². The van der Waals surface area contributed by atoms with Crippen LogP contribution in [0.1, 0.15) is 16.9 Å². The molecule has 0 bridgehead atoms. The number of amides is 1. The van der Waals surface area contributed by atoms with Crippen LogP contribution in [0.3, 0.4) is 0 Å². The first-order valence-corrected chi connectivity index (χ1v) is 8.81. The first-order valence-electron chi connectivity index (χ1n) is 7.61. The number of aromatic nitrogens is 1. The lowest BCUT2D eigenvalue weighted by Gasteiger charge is -2.26. The van der Waals surface area contributed by atoms with E-state index in [4.69, 9.17) is 23.1 Å². The highest BCUT2D eigenvalue weighted by atomic mass is 35.5. The minimum absolute atomic E-state index is 0.0735. The van der Waals surface area contributed by atoms with Crippen LogP contribution in [-0.2, 0) is 0 Å². The molecule has 2 fully saturated rings. The second kappa shape index (κ2) is 5.47. The average Bonchev–Trinajstić information content (AvgIpc) is 3.03. The molecule has 2 aromatic rings. The molecule has 1 aliphatic heterocycles. The number of halogens is 1. The average molecular weight is 349 g/mol. The molecule has 3 unspecified atom stereocenters. The number of likely N-dealkylation sites (tertiary alicyclic amines) is 1. The van der Waals surface area contributed by atoms with Gasteiger partial charge in [-0.3, -0.25) is 4.79 Å². The Labute approximate surface area is 143 Å². The maximum Gasteiger partial charge on any atom is 0.274 e. The van der Waals surface area contributed by atoms with E-state index in [1.54, 1.807) is 6.07 Å². The van der Waals surface area contributed by atoms with Gasteiger partial charge in [-0.05, 0) is 36.0 Å². The fraction of sp³-hybridized carbons (Fsp3) is 0.375. The van der Waals surface area contributed by atoms with Crippen molar-refractivity contribution in [3.8, 4) is 10.4 Å². The van der Waals surface area contributed by atoms with Gasteiger partial charge in [0, 0.05) is 24.2 Å². The Hall–Kier alpha value is -1.63. The van der Waals surface area contributed by atoms with E-state index in [-0.39, 0.29) is 11.9 Å². The maximum absolute atomic E-state index is 13.0. The summed E-state index contributed by atoms with van der Waals surface area (Å²) in [6.07, 6.45) is 1.19. The Bertz CT molecular complexity index is 777. The molecule has 1 saturated heterocycles. The third-order valence-electron chi connectivity index (χ3n) is 4.74. The number of hydrogen-bond acceptors (Lipinski definition) is 5. The molecular weight excluding hydrogens is 332 g/mol. The van der Waals surface area contributed by atoms with Gasteiger partial charge in [0.05, 0.1) is 4.88 Å². The van der Waals surface area contributed by atoms with Crippen molar-refractivity contribution in [2.75, 3.05) is 18.8 Å². The number of hydrogen-bond donors (Lipinski definition) is 2. The molecule has 7 heteroatoms. The van der Waals surface area contributed by atoms with Crippen molar-refractivity contribution in [3.63, 3.8) is 0 Å². The van der Waals surface area contributed by atoms with E-state index in [0.29, 0.717) is 34.2 Å². The van der Waals surface area contributed by atoms with E-state index in [2.05, 4.69) is 4.98 Å². The smallest absolute Gasteiger partial charge is 0.274 e. The van der Waals surface area contributed by atoms with Crippen LogP contribution < -0.4 is 11.5 Å². The molecule has 5 nitrogen and oxygen atoms in total. The molecule has 1 aromatic heterocycles. The lowest BCUT2D eigenvalue weighted by atomic mass is 10.1. The monoisotopic (exact) mass is 348 g/mol. The Balaban J connectivity index is 1.70. The Morgan fingerprint density at radius 3 is 3.04 bits per heavy atom. The zero-order valence-corrected chi connectivity index (χ0v) is 14.0. The number of rotatable bonds is 3. The quantitative estimate of drug-likeness (QED) is 0.892. The fourth-order valence-electron chi connectivity index (χ4n) is 3.55. The zero-order chi connectivity index (χ0) is 16.1. The number of piperidine rings is 1. The van der Waals surface area contributed by atoms with Crippen LogP contribution in [-0.4, -0.2) is 34.9 Å². The number of benzene rings is 1. The summed E-state index contributed by atoms with van der Waals surface area (Å²) in [5.41, 5.74) is 13.0. The summed E-state index contributed by atoms with van der Waals surface area (Å²) in [6, 6.07) is 7.53. The Morgan fingerprint density at radius 2 is 2.30 bits per heavy atom. The molecular formula is C16H17ClN4OS. The number of nitrogens with two attached hydrogens (primary N) is 2. The van der Waals surface area contributed by atoms with Crippen LogP contribution in [0.15, 0.2) is 24.3 Å². The molecule has 23 heavy (non-hydrogen) atoms. The highest BCUT2D eigenvalue weighted by Gasteiger charge is 2.53. The van der Waals surface area contributed by atoms with Crippen LogP contribution >= 0.6 is 22.9 Å². The van der Waals surface area contributed by atoms with Crippen LogP contribution in [0.2, 0.25) is 5.02 Å². The summed E-state index contributed by atoms with van der Waals surface area (Å²) in [4.78, 5) is 19.9. The lowest BCUT2D eigenvalue weighted by Crippen LogP contribution is -2.43. The molecule has 0 radical (unpaired) electrons. The highest BCUT2D eigenvalue weighted by molar-refractivity contribution is 7.19. The van der Waals surface area contributed by atoms with Crippen LogP contribution in [0.4, 0.5) is 5.13 Å². The van der Waals surface area contributed by atoms with Gasteiger partial charge in [0.15, 0.2) is 5.13 Å². The van der Waals surface area contributed by atoms with E-state index in [1.165, 1.54) is 17.8 Å². The van der Waals surface area contributed by atoms with Gasteiger partial charge in [-0.15, -0.1) is 0 Å². The van der Waals surface area contributed by atoms with Crippen molar-refractivity contribution >= 4 is 34.0 Å². The number of carbonyl (C=O) groups is 1. The van der Waals surface area contributed by atoms with Crippen molar-refractivity contribution in [2.24, 2.45) is 17.6 Å². The van der Waals surface area contributed by atoms with Gasteiger partial charge < -0.3 is 16.4 Å². The van der Waals surface area contributed by atoms with Gasteiger partial charge in [0.2, 0.25) is 0 Å². The Morgan fingerprint density at radius 1 is 1.48 bits per heavy atom. The standard InChI is InChI=1S/C16H17ClN4OS/c17-10-3-1-2-8(4-10)14-13(20-16(19)23-14)15(22)21-7-9-5-11(9)12(21)6-18/h1-4,9,11-12H,5-7,18H2,(H2,19,20). The van der Waals surface area contributed by atoms with Gasteiger partial charge in [-0.2, -0.15) is 0 Å². The summed E-state index contributed by atoms with van der Waals surface area (Å²) in [6.45, 7) is 1.27. The van der Waals surface area contributed by atoms with E-state index < -0.39 is 0 Å². The van der Waals surface area contributed by atoms with E-state index in [9.17, 15) is 4.79 Å². The number of nitrogens with zero attached hydrogens (tertiary/aromatic N) is 2. The minimum Gasteiger partial charge on any atom is -0.375 e. The molecule has 1 saturated carbocycles. The molecule has 0 spiro atoms. The molecule has 2 heterocycles. The minimum atomic E-state index is -0.0735. The number of thiazole rings is 1. The molecule has 3 atom stereocenters. The van der Waals surface area contributed by atoms with Gasteiger partial charge in [-0.25, -0.2) is 4.98 Å². The van der Waals surface area contributed by atoms with Crippen molar-refractivity contribution in [1.82, 2.24) is 9.88 Å². The fourth-order valence-corrected chi connectivity index (χ4v) is 4.56. The summed E-state index contributed by atoms with van der Waals surface area (Å²) < 4.78 is 0. The molecule has 4 N–H and O–H groups in total. The molecule has 120 valence electrons. The van der Waals surface area contributed by atoms with Crippen molar-refractivity contribution in [2.45, 2.75) is 12.5 Å². The number of nitrogen functional groups attached to an aromatic ring is 1. The lowest BCUT2D eigenvalue weighted by molar-refractivity contribution is 0.0708. The normalized spacial score (nSPS) is 25.5. The number of anilines is 1. The summed E-state index contributed by atoms with van der Waals surface area (Å²) in [5.74, 6) is 1.10. The van der Waals surface area contributed by atoms with Crippen molar-refractivity contribution in [1.29, 1.82) is 0 Å². The predicted octanol–water partition coefficient (Wildman–Crippen LogP) is 2.46. The summed E-state index contributed by atoms with van der Waals surface area (Å²) >= 11 is 7.39. The Kier molecular flexibility index (Phi) is 3.55. The number of fused-ring (bicyclic) bond motifs is 1. The third kappa shape index (κ3) is 2.51. The first kappa shape index (κ1) is 14.9. The molecule has 1 aliphatic carbocycles. The van der Waals surface area contributed by atoms with Crippen LogP contribution in [0, 0.1) is 11.8 Å². The molecule has 4 rings (SSSR count). The van der Waals surface area contributed by atoms with Gasteiger partial charge in [0.25, 0.3) is 5.91 Å². The van der Waals surface area contributed by atoms with Crippen molar-refractivity contribution < 1.29 is 4.79 Å². The van der Waals surface area contributed by atoms with Gasteiger partial charge in [0.1, 0.15) is 5.69 Å². The van der Waals surface area contributed by atoms with Gasteiger partial charge >= 0.3 is 0 Å². The molecule has 2 aliphatic rings. The zero-order valence-electron chi connectivity index (χ0n) is 12.4. The SMILES string of the molecule is NCC1C2CC2CN1C(=O)c1nc(N)sc1-c1cccc(Cl)c1. The van der Waals surface area contributed by atoms with E-state index >= 15 is 0 Å². The summed E-state index contributed by atoms with van der Waals surface area (Å²) in [7, 11) is 0. The van der Waals surface area contributed by atoms with Crippen LogP contribution in [0.5, 0.6) is 0 Å². The van der Waals surface area contributed by atoms with Crippen LogP contribution in [0.25, 0.3) is 10.4 Å². The molecule has 1 amide bonds. The first-order chi connectivity index (χ1) is 11.1.